The maximum Gasteiger partial charge on any atom is 0.337 e. The van der Waals surface area contributed by atoms with E-state index in [-0.39, 0.29) is 5.97 Å². The lowest BCUT2D eigenvalue weighted by molar-refractivity contribution is 0.0601. The third kappa shape index (κ3) is 2.08. The molecule has 0 aliphatic heterocycles. The molecule has 2 aromatic carbocycles. The van der Waals surface area contributed by atoms with Crippen LogP contribution in [0.4, 0.5) is 0 Å². The van der Waals surface area contributed by atoms with E-state index >= 15 is 0 Å². The first-order chi connectivity index (χ1) is 9.28. The fourth-order valence-electron chi connectivity index (χ4n) is 2.04. The van der Waals surface area contributed by atoms with Crippen molar-refractivity contribution in [1.82, 2.24) is 10.2 Å². The van der Waals surface area contributed by atoms with Gasteiger partial charge in [0.15, 0.2) is 0 Å². The van der Waals surface area contributed by atoms with Crippen LogP contribution in [0.25, 0.3) is 22.0 Å². The molecule has 0 saturated heterocycles. The molecule has 19 heavy (non-hydrogen) atoms. The molecule has 3 aromatic rings. The van der Waals surface area contributed by atoms with Gasteiger partial charge in [-0.1, -0.05) is 18.2 Å². The first-order valence-corrected chi connectivity index (χ1v) is 5.90. The molecule has 0 fully saturated rings. The minimum atomic E-state index is -0.322. The molecule has 1 N–H and O–H groups in total. The minimum Gasteiger partial charge on any atom is -0.465 e. The predicted octanol–water partition coefficient (Wildman–Crippen LogP) is 3.02. The van der Waals surface area contributed by atoms with Crippen LogP contribution in [0.1, 0.15) is 10.4 Å². The molecule has 4 nitrogen and oxygen atoms in total. The van der Waals surface area contributed by atoms with Crippen molar-refractivity contribution in [3.63, 3.8) is 0 Å². The van der Waals surface area contributed by atoms with Crippen LogP contribution in [0.5, 0.6) is 0 Å². The van der Waals surface area contributed by atoms with Crippen molar-refractivity contribution in [2.24, 2.45) is 0 Å². The largest absolute Gasteiger partial charge is 0.465 e. The van der Waals surface area contributed by atoms with Gasteiger partial charge in [0.1, 0.15) is 0 Å². The number of fused-ring (bicyclic) bond motifs is 1. The summed E-state index contributed by atoms with van der Waals surface area (Å²) in [5.41, 5.74) is 3.70. The monoisotopic (exact) mass is 252 g/mol. The fourth-order valence-corrected chi connectivity index (χ4v) is 2.04. The van der Waals surface area contributed by atoms with E-state index in [4.69, 9.17) is 0 Å². The Balaban J connectivity index is 1.99. The number of hydrogen-bond donors (Lipinski definition) is 1. The van der Waals surface area contributed by atoms with E-state index in [9.17, 15) is 4.79 Å². The second-order valence-electron chi connectivity index (χ2n) is 4.24. The van der Waals surface area contributed by atoms with Crippen molar-refractivity contribution in [2.75, 3.05) is 7.11 Å². The number of methoxy groups -OCH3 is 1. The molecule has 1 heterocycles. The van der Waals surface area contributed by atoms with Crippen LogP contribution in [-0.2, 0) is 4.74 Å². The SMILES string of the molecule is COC(=O)c1ccc(-c2ccc3[nH]ncc3c2)cc1. The maximum atomic E-state index is 11.4. The summed E-state index contributed by atoms with van der Waals surface area (Å²) in [5, 5.41) is 7.98. The van der Waals surface area contributed by atoms with E-state index in [2.05, 4.69) is 21.0 Å². The number of esters is 1. The average molecular weight is 252 g/mol. The number of nitrogens with one attached hydrogen (secondary N) is 1. The topological polar surface area (TPSA) is 55.0 Å². The number of H-pyrrole nitrogens is 1. The smallest absolute Gasteiger partial charge is 0.337 e. The first-order valence-electron chi connectivity index (χ1n) is 5.90. The summed E-state index contributed by atoms with van der Waals surface area (Å²) in [5.74, 6) is -0.322. The zero-order chi connectivity index (χ0) is 13.2. The molecule has 0 bridgehead atoms. The standard InChI is InChI=1S/C15H12N2O2/c1-19-15(18)11-4-2-10(3-5-11)12-6-7-14-13(8-12)9-16-17-14/h2-9H,1H3,(H,16,17). The number of carbonyl (C=O) groups excluding carboxylic acids is 1. The van der Waals surface area contributed by atoms with Crippen molar-refractivity contribution >= 4 is 16.9 Å². The molecular formula is C15H12N2O2. The fraction of sp³-hybridized carbons (Fsp3) is 0.0667. The lowest BCUT2D eigenvalue weighted by atomic mass is 10.0. The zero-order valence-corrected chi connectivity index (χ0v) is 10.4. The Hall–Kier alpha value is -2.62. The summed E-state index contributed by atoms with van der Waals surface area (Å²) < 4.78 is 4.68. The van der Waals surface area contributed by atoms with Gasteiger partial charge in [-0.15, -0.1) is 0 Å². The summed E-state index contributed by atoms with van der Waals surface area (Å²) in [6.45, 7) is 0. The maximum absolute atomic E-state index is 11.4. The molecule has 0 atom stereocenters. The second-order valence-corrected chi connectivity index (χ2v) is 4.24. The van der Waals surface area contributed by atoms with E-state index < -0.39 is 0 Å². The Morgan fingerprint density at radius 1 is 1.11 bits per heavy atom. The van der Waals surface area contributed by atoms with Gasteiger partial charge in [0, 0.05) is 5.39 Å². The Kier molecular flexibility index (Phi) is 2.76. The molecule has 0 amide bonds. The molecular weight excluding hydrogens is 240 g/mol. The lowest BCUT2D eigenvalue weighted by Crippen LogP contribution is -2.00. The molecule has 94 valence electrons. The number of ether oxygens (including phenoxy) is 1. The van der Waals surface area contributed by atoms with Crippen molar-refractivity contribution in [1.29, 1.82) is 0 Å². The van der Waals surface area contributed by atoms with Crippen LogP contribution in [0, 0.1) is 0 Å². The highest BCUT2D eigenvalue weighted by atomic mass is 16.5. The number of carbonyl (C=O) groups is 1. The van der Waals surface area contributed by atoms with E-state index in [1.165, 1.54) is 7.11 Å². The van der Waals surface area contributed by atoms with E-state index in [1.54, 1.807) is 18.3 Å². The van der Waals surface area contributed by atoms with Crippen molar-refractivity contribution in [3.8, 4) is 11.1 Å². The Labute approximate surface area is 110 Å². The van der Waals surface area contributed by atoms with Gasteiger partial charge in [-0.05, 0) is 35.4 Å². The van der Waals surface area contributed by atoms with E-state index in [0.717, 1.165) is 22.0 Å². The number of aromatic nitrogens is 2. The number of aromatic amines is 1. The Morgan fingerprint density at radius 3 is 2.58 bits per heavy atom. The Bertz CT molecular complexity index is 729. The van der Waals surface area contributed by atoms with Crippen LogP contribution >= 0.6 is 0 Å². The summed E-state index contributed by atoms with van der Waals surface area (Å²) in [6, 6.07) is 13.4. The summed E-state index contributed by atoms with van der Waals surface area (Å²) in [6.07, 6.45) is 1.79. The van der Waals surface area contributed by atoms with Crippen molar-refractivity contribution in [3.05, 3.63) is 54.2 Å². The molecule has 4 heteroatoms. The normalized spacial score (nSPS) is 10.6. The molecule has 0 unspecified atom stereocenters. The molecule has 3 rings (SSSR count). The van der Waals surface area contributed by atoms with Gasteiger partial charge in [0.05, 0.1) is 24.4 Å². The van der Waals surface area contributed by atoms with Crippen LogP contribution in [0.2, 0.25) is 0 Å². The van der Waals surface area contributed by atoms with Crippen LogP contribution in [0.3, 0.4) is 0 Å². The van der Waals surface area contributed by atoms with E-state index in [1.807, 2.05) is 24.3 Å². The predicted molar refractivity (Wildman–Crippen MR) is 72.9 cm³/mol. The highest BCUT2D eigenvalue weighted by molar-refractivity contribution is 5.90. The molecule has 1 aromatic heterocycles. The molecule has 0 aliphatic rings. The number of benzene rings is 2. The van der Waals surface area contributed by atoms with Crippen molar-refractivity contribution in [2.45, 2.75) is 0 Å². The molecule has 0 radical (unpaired) electrons. The summed E-state index contributed by atoms with van der Waals surface area (Å²) >= 11 is 0. The Morgan fingerprint density at radius 2 is 1.84 bits per heavy atom. The molecule has 0 saturated carbocycles. The zero-order valence-electron chi connectivity index (χ0n) is 10.4. The van der Waals surface area contributed by atoms with E-state index in [0.29, 0.717) is 5.56 Å². The third-order valence-electron chi connectivity index (χ3n) is 3.08. The second kappa shape index (κ2) is 4.57. The average Bonchev–Trinajstić information content (AvgIpc) is 2.94. The number of hydrogen-bond acceptors (Lipinski definition) is 3. The molecule has 0 spiro atoms. The number of rotatable bonds is 2. The first kappa shape index (κ1) is 11.5. The van der Waals surface area contributed by atoms with Gasteiger partial charge >= 0.3 is 5.97 Å². The van der Waals surface area contributed by atoms with Gasteiger partial charge in [0.25, 0.3) is 0 Å². The molecule has 0 aliphatic carbocycles. The lowest BCUT2D eigenvalue weighted by Gasteiger charge is -2.03. The van der Waals surface area contributed by atoms with Crippen LogP contribution < -0.4 is 0 Å². The van der Waals surface area contributed by atoms with Gasteiger partial charge in [-0.25, -0.2) is 4.79 Å². The van der Waals surface area contributed by atoms with Crippen LogP contribution in [-0.4, -0.2) is 23.3 Å². The van der Waals surface area contributed by atoms with Gasteiger partial charge < -0.3 is 4.74 Å². The third-order valence-corrected chi connectivity index (χ3v) is 3.08. The quantitative estimate of drug-likeness (QED) is 0.713. The van der Waals surface area contributed by atoms with Crippen LogP contribution in [0.15, 0.2) is 48.7 Å². The van der Waals surface area contributed by atoms with Gasteiger partial charge in [-0.2, -0.15) is 5.10 Å². The highest BCUT2D eigenvalue weighted by Crippen LogP contribution is 2.23. The van der Waals surface area contributed by atoms with Gasteiger partial charge in [-0.3, -0.25) is 5.10 Å². The minimum absolute atomic E-state index is 0.322. The highest BCUT2D eigenvalue weighted by Gasteiger charge is 2.06. The van der Waals surface area contributed by atoms with Gasteiger partial charge in [0.2, 0.25) is 0 Å². The van der Waals surface area contributed by atoms with Crippen molar-refractivity contribution < 1.29 is 9.53 Å². The number of nitrogens with zero attached hydrogens (tertiary/aromatic N) is 1. The summed E-state index contributed by atoms with van der Waals surface area (Å²) in [7, 11) is 1.38. The summed E-state index contributed by atoms with van der Waals surface area (Å²) in [4.78, 5) is 11.4.